The summed E-state index contributed by atoms with van der Waals surface area (Å²) in [6.07, 6.45) is 3.50. The Balaban J connectivity index is -0.000000170. The van der Waals surface area contributed by atoms with Gasteiger partial charge in [-0.1, -0.05) is 6.07 Å². The van der Waals surface area contributed by atoms with Gasteiger partial charge in [-0.05, 0) is 12.1 Å². The fourth-order valence-corrected chi connectivity index (χ4v) is 0.313. The van der Waals surface area contributed by atoms with Crippen molar-refractivity contribution >= 4 is 20.1 Å². The zero-order valence-electron chi connectivity index (χ0n) is 8.06. The molecule has 1 heterocycles. The molecule has 0 unspecified atom stereocenters. The molecule has 0 fully saturated rings. The van der Waals surface area contributed by atoms with E-state index in [0.717, 1.165) is 0 Å². The summed E-state index contributed by atoms with van der Waals surface area (Å²) in [5, 5.41) is 0. The Labute approximate surface area is 109 Å². The molecule has 0 radical (unpaired) electrons. The Morgan fingerprint density at radius 1 is 0.824 bits per heavy atom. The first kappa shape index (κ1) is 22.1. The van der Waals surface area contributed by atoms with Crippen LogP contribution in [0.25, 0.3) is 0 Å². The Hall–Kier alpha value is -0.125. The van der Waals surface area contributed by atoms with Gasteiger partial charge in [0.25, 0.3) is 0 Å². The van der Waals surface area contributed by atoms with Crippen LogP contribution in [-0.4, -0.2) is 4.98 Å². The van der Waals surface area contributed by atoms with Gasteiger partial charge in [0.2, 0.25) is 0 Å². The van der Waals surface area contributed by atoms with E-state index in [1.165, 1.54) is 0 Å². The number of hydrogen-bond acceptors (Lipinski definition) is 7. The van der Waals surface area contributed by atoms with Gasteiger partial charge >= 0.3 is 68.3 Å². The Kier molecular flexibility index (Phi) is 14.3. The van der Waals surface area contributed by atoms with Gasteiger partial charge in [-0.15, -0.1) is 0 Å². The maximum absolute atomic E-state index is 8.91. The van der Waals surface area contributed by atoms with Gasteiger partial charge in [0, 0.05) is 12.4 Å². The molecule has 0 saturated heterocycles. The number of rotatable bonds is 0. The van der Waals surface area contributed by atoms with Crippen molar-refractivity contribution in [3.8, 4) is 0 Å². The van der Waals surface area contributed by atoms with Crippen LogP contribution in [0.5, 0.6) is 0 Å². The van der Waals surface area contributed by atoms with Gasteiger partial charge in [-0.2, -0.15) is 0 Å². The van der Waals surface area contributed by atoms with Crippen molar-refractivity contribution in [2.75, 3.05) is 0 Å². The average Bonchev–Trinajstić information content (AvgIpc) is 2.01. The van der Waals surface area contributed by atoms with E-state index >= 15 is 0 Å². The maximum atomic E-state index is 8.91. The summed E-state index contributed by atoms with van der Waals surface area (Å²) in [6, 6.07) is 5.72. The topological polar surface area (TPSA) is 162 Å². The van der Waals surface area contributed by atoms with E-state index in [0.29, 0.717) is 0 Å². The van der Waals surface area contributed by atoms with Gasteiger partial charge in [0.1, 0.15) is 0 Å². The molecule has 0 aliphatic carbocycles. The van der Waals surface area contributed by atoms with Crippen LogP contribution in [0.3, 0.4) is 0 Å². The Bertz CT molecular complexity index is 388. The number of hydrogen-bond donors (Lipinski definition) is 0. The summed E-state index contributed by atoms with van der Waals surface area (Å²) >= 11 is -10.1. The van der Waals surface area contributed by atoms with E-state index in [1.54, 1.807) is 12.4 Å². The van der Waals surface area contributed by atoms with Crippen LogP contribution >= 0.6 is 20.1 Å². The first-order valence-corrected chi connectivity index (χ1v) is 9.79. The van der Waals surface area contributed by atoms with Crippen LogP contribution in [0, 0.1) is 0 Å². The average molecular weight is 370 g/mol. The van der Waals surface area contributed by atoms with Crippen LogP contribution in [0.1, 0.15) is 0 Å². The van der Waals surface area contributed by atoms with E-state index in [4.69, 9.17) is 23.5 Å². The molecule has 4 N–H and O–H groups in total. The van der Waals surface area contributed by atoms with Crippen molar-refractivity contribution in [1.82, 2.24) is 4.98 Å². The molecule has 8 nitrogen and oxygen atoms in total. The molecule has 0 bridgehead atoms. The van der Waals surface area contributed by atoms with Gasteiger partial charge in [0.15, 0.2) is 0 Å². The van der Waals surface area contributed by atoms with Gasteiger partial charge < -0.3 is 5.48 Å². The predicted molar refractivity (Wildman–Crippen MR) is 45.0 cm³/mol. The van der Waals surface area contributed by atoms with Crippen LogP contribution in [0.4, 0.5) is 0 Å². The molecule has 0 aromatic carbocycles. The molecule has 102 valence electrons. The monoisotopic (exact) mass is 369 g/mol. The summed E-state index contributed by atoms with van der Waals surface area (Å²) < 4.78 is 53.5. The van der Waals surface area contributed by atoms with Crippen molar-refractivity contribution in [1.29, 1.82) is 0 Å². The van der Waals surface area contributed by atoms with Crippen molar-refractivity contribution < 1.29 is 53.7 Å². The molecule has 0 spiro atoms. The molecule has 0 aliphatic rings. The van der Waals surface area contributed by atoms with Gasteiger partial charge in [0.05, 0.1) is 0 Å². The minimum absolute atomic E-state index is 0. The molecular formula is C5H9Cl2Cr2NO7. The third kappa shape index (κ3) is 88.5. The second-order valence-electron chi connectivity index (χ2n) is 1.81. The van der Waals surface area contributed by atoms with Crippen molar-refractivity contribution in [3.05, 3.63) is 30.6 Å². The molecule has 0 amide bonds. The molecule has 1 aromatic heterocycles. The first-order chi connectivity index (χ1) is 7.00. The number of nitrogens with zero attached hydrogens (tertiary/aromatic N) is 1. The largest absolute Gasteiger partial charge is 0.265 e. The maximum Gasteiger partial charge on any atom is 0.0267 e. The molecule has 0 atom stereocenters. The Morgan fingerprint density at radius 3 is 1.12 bits per heavy atom. The fourth-order valence-electron chi connectivity index (χ4n) is 0.313. The number of aromatic nitrogens is 1. The fraction of sp³-hybridized carbons (Fsp3) is 0. The SMILES string of the molecule is [OH4+2].[O]=[Cr](=[O])([O-])[Cl].[O]=[Cr](=[O])([O-])[Cl].c1ccncc1. The second kappa shape index (κ2) is 11.0. The minimum Gasteiger partial charge on any atom is -0.265 e. The summed E-state index contributed by atoms with van der Waals surface area (Å²) in [4.78, 5) is 3.78. The van der Waals surface area contributed by atoms with Crippen molar-refractivity contribution in [2.45, 2.75) is 0 Å². The molecule has 17 heavy (non-hydrogen) atoms. The van der Waals surface area contributed by atoms with Crippen molar-refractivity contribution in [3.63, 3.8) is 0 Å². The number of pyridine rings is 1. The third-order valence-corrected chi connectivity index (χ3v) is 0.566. The summed E-state index contributed by atoms with van der Waals surface area (Å²) in [5.41, 5.74) is 0. The van der Waals surface area contributed by atoms with Crippen molar-refractivity contribution in [2.24, 2.45) is 0 Å². The molecule has 12 heteroatoms. The zero-order chi connectivity index (χ0) is 13.2. The number of halogens is 2. The minimum atomic E-state index is -5.03. The summed E-state index contributed by atoms with van der Waals surface area (Å²) in [6.45, 7) is 0. The van der Waals surface area contributed by atoms with E-state index in [-0.39, 0.29) is 5.48 Å². The van der Waals surface area contributed by atoms with E-state index in [9.17, 15) is 0 Å². The molecular weight excluding hydrogens is 361 g/mol. The molecule has 1 rings (SSSR count). The zero-order valence-corrected chi connectivity index (χ0v) is 12.1. The van der Waals surface area contributed by atoms with Crippen LogP contribution < -0.4 is 8.32 Å². The van der Waals surface area contributed by atoms with Gasteiger partial charge in [-0.25, -0.2) is 0 Å². The van der Waals surface area contributed by atoms with Crippen LogP contribution in [0.15, 0.2) is 30.6 Å². The normalized spacial score (nSPS) is 9.65. The smallest absolute Gasteiger partial charge is 0.0267 e. The van der Waals surface area contributed by atoms with E-state index in [2.05, 4.69) is 25.1 Å². The molecule has 0 aliphatic heterocycles. The third-order valence-electron chi connectivity index (χ3n) is 0.566. The Morgan fingerprint density at radius 2 is 1.06 bits per heavy atom. The van der Waals surface area contributed by atoms with E-state index < -0.39 is 24.7 Å². The van der Waals surface area contributed by atoms with E-state index in [1.807, 2.05) is 18.2 Å². The quantitative estimate of drug-likeness (QED) is 0.532. The second-order valence-corrected chi connectivity index (χ2v) is 7.38. The molecule has 0 saturated carbocycles. The summed E-state index contributed by atoms with van der Waals surface area (Å²) in [7, 11) is 8.04. The molecule has 1 aromatic rings. The van der Waals surface area contributed by atoms with Crippen LogP contribution in [-0.2, 0) is 45.4 Å². The standard InChI is InChI=1S/C5H5N.2ClH.2Cr.H4O.6O/c1-2-4-6-5-3-1;;;;;;;;;;;/h1-5H;2*1H;;;1H4;;;;;;/q;;;2*+1;+2;;;;;2*-1/p-2. The van der Waals surface area contributed by atoms with Crippen LogP contribution in [0.2, 0.25) is 0 Å². The first-order valence-electron chi connectivity index (χ1n) is 3.16. The van der Waals surface area contributed by atoms with Gasteiger partial charge in [-0.3, -0.25) is 4.98 Å². The summed E-state index contributed by atoms with van der Waals surface area (Å²) in [5.74, 6) is 0. The predicted octanol–water partition coefficient (Wildman–Crippen LogP) is -1.59.